The van der Waals surface area contributed by atoms with Crippen LogP contribution in [0.2, 0.25) is 0 Å². The predicted octanol–water partition coefficient (Wildman–Crippen LogP) is 1.46. The molecule has 266 valence electrons. The van der Waals surface area contributed by atoms with Crippen LogP contribution >= 0.6 is 0 Å². The van der Waals surface area contributed by atoms with Crippen LogP contribution in [-0.2, 0) is 21.7 Å². The minimum absolute atomic E-state index is 0. The Morgan fingerprint density at radius 2 is 0.612 bits per heavy atom. The smallest absolute Gasteiger partial charge is 1.00 e. The quantitative estimate of drug-likeness (QED) is 0.130. The maximum absolute atomic E-state index is 2.83. The maximum atomic E-state index is 2.62. The molecule has 4 rings (SSSR count). The van der Waals surface area contributed by atoms with Crippen molar-refractivity contribution in [2.45, 2.75) is 139 Å². The molecule has 0 heterocycles. The van der Waals surface area contributed by atoms with Crippen molar-refractivity contribution >= 4 is 28.8 Å². The number of benzene rings is 3. The summed E-state index contributed by atoms with van der Waals surface area (Å²) in [6, 6.07) is 25.7. The third-order valence-corrected chi connectivity index (χ3v) is 15.4. The number of halogens is 3. The Balaban J connectivity index is 0.00000576. The molecule has 0 atom stereocenters. The molecule has 5 heteroatoms. The molecule has 0 fully saturated rings. The van der Waals surface area contributed by atoms with Gasteiger partial charge in [-0.25, -0.2) is 6.07 Å². The van der Waals surface area contributed by atoms with Crippen molar-refractivity contribution in [2.75, 3.05) is 0 Å². The molecule has 0 bridgehead atoms. The second kappa shape index (κ2) is 19.1. The van der Waals surface area contributed by atoms with Crippen LogP contribution in [0.1, 0.15) is 169 Å². The Morgan fingerprint density at radius 3 is 0.776 bits per heavy atom. The molecule has 0 radical (unpaired) electrons. The summed E-state index contributed by atoms with van der Waals surface area (Å²) in [6.07, 6.45) is 0. The van der Waals surface area contributed by atoms with Crippen LogP contribution in [0, 0.1) is 20.8 Å². The average molecular weight is 772 g/mol. The van der Waals surface area contributed by atoms with Gasteiger partial charge in [-0.1, -0.05) is 174 Å². The van der Waals surface area contributed by atoms with Gasteiger partial charge in [0.1, 0.15) is 8.07 Å². The van der Waals surface area contributed by atoms with Crippen molar-refractivity contribution in [1.82, 2.24) is 0 Å². The Labute approximate surface area is 335 Å². The Hall–Kier alpha value is -1.19. The van der Waals surface area contributed by atoms with E-state index in [9.17, 15) is 0 Å². The largest absolute Gasteiger partial charge is 4.00 e. The first-order chi connectivity index (χ1) is 21.0. The third-order valence-electron chi connectivity index (χ3n) is 10.4. The minimum Gasteiger partial charge on any atom is -1.00 e. The van der Waals surface area contributed by atoms with Crippen LogP contribution in [0.25, 0.3) is 0 Å². The summed E-state index contributed by atoms with van der Waals surface area (Å²) in [5.41, 5.74) is 13.1. The van der Waals surface area contributed by atoms with Crippen molar-refractivity contribution < 1.29 is 58.9 Å². The fourth-order valence-corrected chi connectivity index (χ4v) is 12.8. The molecular formula is C44H61Cl3SiTi. The van der Waals surface area contributed by atoms with Crippen molar-refractivity contribution in [3.05, 3.63) is 111 Å². The summed E-state index contributed by atoms with van der Waals surface area (Å²) < 4.78 is 0. The normalized spacial score (nSPS) is 11.6. The van der Waals surface area contributed by atoms with Crippen LogP contribution in [0.3, 0.4) is 0 Å². The van der Waals surface area contributed by atoms with Gasteiger partial charge in [-0.3, -0.25) is 0 Å². The van der Waals surface area contributed by atoms with E-state index in [-0.39, 0.29) is 58.9 Å². The standard InChI is InChI=1S/C44H61Si.3ClH.Ti/c1-26(2)35-17-36(27(3)4)21-41(20-35)45(44-33(14)16-32(13)34(44)15,42-22-37(28(5)6)18-38(23-42)29(7)8)43-24-39(30(9)10)19-40(25-43)31(11)12;;;;/h16-31H,1-15H3;3*1H;/q-1;;;;+4/p-3. The van der Waals surface area contributed by atoms with Gasteiger partial charge in [0, 0.05) is 0 Å². The Morgan fingerprint density at radius 1 is 0.388 bits per heavy atom. The molecule has 0 unspecified atom stereocenters. The van der Waals surface area contributed by atoms with Gasteiger partial charge in [-0.15, -0.1) is 5.19 Å². The average Bonchev–Trinajstić information content (AvgIpc) is 3.23. The van der Waals surface area contributed by atoms with E-state index in [0.29, 0.717) is 35.5 Å². The Kier molecular flexibility index (Phi) is 18.6. The van der Waals surface area contributed by atoms with Crippen molar-refractivity contribution in [3.63, 3.8) is 0 Å². The number of hydrogen-bond acceptors (Lipinski definition) is 0. The molecule has 0 saturated heterocycles. The first-order valence-electron chi connectivity index (χ1n) is 17.7. The van der Waals surface area contributed by atoms with Gasteiger partial charge in [0.15, 0.2) is 0 Å². The third kappa shape index (κ3) is 9.63. The molecule has 0 spiro atoms. The number of hydrogen-bond donors (Lipinski definition) is 0. The van der Waals surface area contributed by atoms with E-state index in [1.807, 2.05) is 0 Å². The van der Waals surface area contributed by atoms with E-state index >= 15 is 0 Å². The molecule has 0 aromatic heterocycles. The second-order valence-corrected chi connectivity index (χ2v) is 19.6. The summed E-state index contributed by atoms with van der Waals surface area (Å²) in [7, 11) is -2.83. The van der Waals surface area contributed by atoms with E-state index in [4.69, 9.17) is 0 Å². The molecule has 0 saturated carbocycles. The molecule has 0 N–H and O–H groups in total. The van der Waals surface area contributed by atoms with Crippen LogP contribution in [0.15, 0.2) is 60.7 Å². The SMILES string of the molecule is Cc1cc(C)[c-]([Si](c2cc(C(C)C)cc(C(C)C)c2)(c2cc(C(C)C)cc(C(C)C)c2)c2cc(C(C)C)cc(C(C)C)c2)c1C.[Cl-].[Cl-].[Cl-].[Ti+4]. The van der Waals surface area contributed by atoms with Crippen molar-refractivity contribution in [3.8, 4) is 0 Å². The summed E-state index contributed by atoms with van der Waals surface area (Å²) in [4.78, 5) is 0. The molecule has 4 aromatic rings. The molecule has 0 aliphatic carbocycles. The molecule has 4 aromatic carbocycles. The van der Waals surface area contributed by atoms with Gasteiger partial charge in [-0.2, -0.15) is 16.7 Å². The van der Waals surface area contributed by atoms with Gasteiger partial charge in [-0.05, 0) is 68.9 Å². The zero-order chi connectivity index (χ0) is 33.5. The van der Waals surface area contributed by atoms with Crippen molar-refractivity contribution in [1.29, 1.82) is 0 Å². The first kappa shape index (κ1) is 47.8. The second-order valence-electron chi connectivity index (χ2n) is 15.9. The van der Waals surface area contributed by atoms with E-state index in [1.54, 1.807) is 20.7 Å². The molecule has 0 nitrogen and oxygen atoms in total. The zero-order valence-electron chi connectivity index (χ0n) is 32.9. The monoisotopic (exact) mass is 770 g/mol. The number of rotatable bonds is 10. The molecule has 49 heavy (non-hydrogen) atoms. The van der Waals surface area contributed by atoms with Crippen LogP contribution in [0.5, 0.6) is 0 Å². The van der Waals surface area contributed by atoms with E-state index in [1.165, 1.54) is 50.1 Å². The van der Waals surface area contributed by atoms with E-state index in [2.05, 4.69) is 165 Å². The van der Waals surface area contributed by atoms with Gasteiger partial charge in [0.25, 0.3) is 0 Å². The topological polar surface area (TPSA) is 0 Å². The molecule has 0 aliphatic heterocycles. The minimum atomic E-state index is -2.83. The van der Waals surface area contributed by atoms with E-state index in [0.717, 1.165) is 0 Å². The van der Waals surface area contributed by atoms with Gasteiger partial charge in [0.2, 0.25) is 0 Å². The van der Waals surface area contributed by atoms with Crippen LogP contribution in [-0.4, -0.2) is 8.07 Å². The van der Waals surface area contributed by atoms with Crippen LogP contribution in [0.4, 0.5) is 0 Å². The van der Waals surface area contributed by atoms with E-state index < -0.39 is 8.07 Å². The molecular weight excluding hydrogens is 711 g/mol. The zero-order valence-corrected chi connectivity index (χ0v) is 37.7. The van der Waals surface area contributed by atoms with Gasteiger partial charge >= 0.3 is 21.7 Å². The van der Waals surface area contributed by atoms with Gasteiger partial charge in [0.05, 0.1) is 0 Å². The fraction of sp³-hybridized carbons (Fsp3) is 0.477. The summed E-state index contributed by atoms with van der Waals surface area (Å²) >= 11 is 0. The maximum Gasteiger partial charge on any atom is 4.00 e. The summed E-state index contributed by atoms with van der Waals surface area (Å²) in [5, 5.41) is 6.23. The van der Waals surface area contributed by atoms with Crippen LogP contribution < -0.4 is 58.0 Å². The predicted molar refractivity (Wildman–Crippen MR) is 204 cm³/mol. The van der Waals surface area contributed by atoms with Crippen molar-refractivity contribution in [2.24, 2.45) is 0 Å². The first-order valence-corrected chi connectivity index (χ1v) is 19.7. The fourth-order valence-electron chi connectivity index (χ4n) is 7.19. The molecule has 0 amide bonds. The molecule has 0 aliphatic rings. The summed E-state index contributed by atoms with van der Waals surface area (Å²) in [5.74, 6) is 2.75. The Bertz CT molecular complexity index is 1430. The number of aryl methyl sites for hydroxylation is 2. The summed E-state index contributed by atoms with van der Waals surface area (Å²) in [6.45, 7) is 35.5. The van der Waals surface area contributed by atoms with Gasteiger partial charge < -0.3 is 37.2 Å².